The molecule has 0 N–H and O–H groups in total. The van der Waals surface area contributed by atoms with Gasteiger partial charge in [0.2, 0.25) is 0 Å². The predicted molar refractivity (Wildman–Crippen MR) is 350 cm³/mol. The lowest BCUT2D eigenvalue weighted by molar-refractivity contribution is 0.590. The van der Waals surface area contributed by atoms with Crippen molar-refractivity contribution in [3.8, 4) is 22.3 Å². The number of nitrogens with zero attached hydrogens (tertiary/aromatic N) is 4. The minimum absolute atomic E-state index is 0.00418. The first kappa shape index (κ1) is 51.9. The number of fused-ring (bicyclic) bond motifs is 7. The molecule has 1 aromatic heterocycles. The Hall–Kier alpha value is -8.54. The summed E-state index contributed by atoms with van der Waals surface area (Å²) in [5.74, 6) is 0. The van der Waals surface area contributed by atoms with Crippen LogP contribution in [0.2, 0.25) is 0 Å². The molecule has 400 valence electrons. The fourth-order valence-corrected chi connectivity index (χ4v) is 12.7. The van der Waals surface area contributed by atoms with E-state index in [2.05, 4.69) is 327 Å². The number of benzene rings is 10. The zero-order chi connectivity index (χ0) is 56.3. The van der Waals surface area contributed by atoms with Gasteiger partial charge in [0.25, 0.3) is 0 Å². The maximum atomic E-state index is 2.74. The molecule has 81 heavy (non-hydrogen) atoms. The van der Waals surface area contributed by atoms with Crippen LogP contribution in [0.1, 0.15) is 105 Å². The molecule has 0 radical (unpaired) electrons. The van der Waals surface area contributed by atoms with Crippen molar-refractivity contribution < 1.29 is 0 Å². The van der Waals surface area contributed by atoms with Crippen molar-refractivity contribution >= 4 is 90.8 Å². The molecule has 2 aliphatic rings. The molecule has 5 heteroatoms. The van der Waals surface area contributed by atoms with E-state index in [1.165, 1.54) is 77.5 Å². The van der Waals surface area contributed by atoms with Gasteiger partial charge in [-0.25, -0.2) is 0 Å². The molecule has 0 spiro atoms. The lowest BCUT2D eigenvalue weighted by Crippen LogP contribution is -2.57. The topological polar surface area (TPSA) is 14.7 Å². The SMILES string of the molecule is CC(C)(C)c1ccc(N2c3ccc(C(C)(C)C)cc3B3c4c(cc(-c5cc(N(c6ccccc6)c6ccccc6)cc(N(c6ccccc6)c6ccccc6)c5)cc42)-c2cc(C(C)(C)C)cc4c5cc(C(C)(C)C)ccc5n3c24)cc1. The quantitative estimate of drug-likeness (QED) is 0.141. The molecular weight excluding hydrogens is 980 g/mol. The van der Waals surface area contributed by atoms with Gasteiger partial charge in [0.15, 0.2) is 0 Å². The van der Waals surface area contributed by atoms with E-state index in [0.29, 0.717) is 0 Å². The van der Waals surface area contributed by atoms with Gasteiger partial charge in [-0.1, -0.05) is 186 Å². The highest BCUT2D eigenvalue weighted by molar-refractivity contribution is 6.90. The van der Waals surface area contributed by atoms with Crippen molar-refractivity contribution in [2.45, 2.75) is 105 Å². The summed E-state index contributed by atoms with van der Waals surface area (Å²) in [5.41, 5.74) is 25.1. The second-order valence-corrected chi connectivity index (χ2v) is 26.8. The minimum atomic E-state index is -0.121. The van der Waals surface area contributed by atoms with Crippen LogP contribution in [0, 0.1) is 0 Å². The monoisotopic (exact) mass is 1050 g/mol. The van der Waals surface area contributed by atoms with Gasteiger partial charge in [0, 0.05) is 78.6 Å². The van der Waals surface area contributed by atoms with Crippen LogP contribution in [0.15, 0.2) is 224 Å². The van der Waals surface area contributed by atoms with Crippen LogP contribution in [0.25, 0.3) is 44.1 Å². The van der Waals surface area contributed by atoms with E-state index in [1.54, 1.807) is 0 Å². The Morgan fingerprint density at radius 1 is 0.333 bits per heavy atom. The molecule has 0 saturated carbocycles. The van der Waals surface area contributed by atoms with Gasteiger partial charge in [-0.2, -0.15) is 0 Å². The first-order valence-electron chi connectivity index (χ1n) is 29.0. The maximum absolute atomic E-state index is 2.74. The summed E-state index contributed by atoms with van der Waals surface area (Å²) in [7, 11) is 0. The number of para-hydroxylation sites is 4. The van der Waals surface area contributed by atoms with Crippen LogP contribution >= 0.6 is 0 Å². The third kappa shape index (κ3) is 9.03. The Balaban J connectivity index is 1.18. The molecular formula is C76H73BN4. The van der Waals surface area contributed by atoms with Gasteiger partial charge in [0.05, 0.1) is 0 Å². The van der Waals surface area contributed by atoms with E-state index in [0.717, 1.165) is 50.9 Å². The number of hydrogen-bond donors (Lipinski definition) is 0. The van der Waals surface area contributed by atoms with E-state index >= 15 is 0 Å². The predicted octanol–water partition coefficient (Wildman–Crippen LogP) is 20.0. The molecule has 2 aliphatic heterocycles. The molecule has 13 rings (SSSR count). The Morgan fingerprint density at radius 2 is 0.778 bits per heavy atom. The number of aromatic nitrogens is 1. The Bertz CT molecular complexity index is 4010. The van der Waals surface area contributed by atoms with Crippen molar-refractivity contribution in [3.63, 3.8) is 0 Å². The maximum Gasteiger partial charge on any atom is 0.333 e. The molecule has 0 amide bonds. The number of hydrogen-bond acceptors (Lipinski definition) is 3. The average Bonchev–Trinajstić information content (AvgIpc) is 3.42. The number of rotatable bonds is 8. The molecule has 4 nitrogen and oxygen atoms in total. The number of anilines is 9. The van der Waals surface area contributed by atoms with Crippen molar-refractivity contribution in [1.82, 2.24) is 4.48 Å². The van der Waals surface area contributed by atoms with E-state index < -0.39 is 0 Å². The Morgan fingerprint density at radius 3 is 1.27 bits per heavy atom. The molecule has 0 saturated heterocycles. The van der Waals surface area contributed by atoms with Gasteiger partial charge in [-0.15, -0.1) is 0 Å². The lowest BCUT2D eigenvalue weighted by atomic mass is 9.44. The van der Waals surface area contributed by atoms with Gasteiger partial charge in [0.1, 0.15) is 0 Å². The van der Waals surface area contributed by atoms with Crippen molar-refractivity contribution in [1.29, 1.82) is 0 Å². The van der Waals surface area contributed by atoms with Gasteiger partial charge in [-0.05, 0) is 193 Å². The zero-order valence-corrected chi connectivity index (χ0v) is 49.2. The molecule has 0 aliphatic carbocycles. The molecule has 0 bridgehead atoms. The third-order valence-electron chi connectivity index (χ3n) is 17.1. The highest BCUT2D eigenvalue weighted by atomic mass is 15.2. The minimum Gasteiger partial charge on any atom is -0.375 e. The van der Waals surface area contributed by atoms with Crippen molar-refractivity contribution in [2.75, 3.05) is 14.7 Å². The van der Waals surface area contributed by atoms with E-state index in [1.807, 2.05) is 0 Å². The Kier molecular flexibility index (Phi) is 12.2. The van der Waals surface area contributed by atoms with E-state index in [9.17, 15) is 0 Å². The largest absolute Gasteiger partial charge is 0.375 e. The molecule has 3 heterocycles. The summed E-state index contributed by atoms with van der Waals surface area (Å²) in [6.45, 7) is 28.0. The summed E-state index contributed by atoms with van der Waals surface area (Å²) in [5, 5.41) is 2.63. The molecule has 0 atom stereocenters. The smallest absolute Gasteiger partial charge is 0.333 e. The molecule has 10 aromatic carbocycles. The van der Waals surface area contributed by atoms with Crippen LogP contribution in [-0.4, -0.2) is 11.3 Å². The first-order chi connectivity index (χ1) is 38.7. The van der Waals surface area contributed by atoms with E-state index in [4.69, 9.17) is 0 Å². The molecule has 11 aromatic rings. The normalized spacial score (nSPS) is 13.1. The van der Waals surface area contributed by atoms with Crippen molar-refractivity contribution in [3.05, 3.63) is 247 Å². The zero-order valence-electron chi connectivity index (χ0n) is 49.2. The average molecular weight is 1050 g/mol. The van der Waals surface area contributed by atoms with Crippen LogP contribution in [0.3, 0.4) is 0 Å². The Labute approximate surface area is 481 Å². The highest BCUT2D eigenvalue weighted by Gasteiger charge is 2.44. The lowest BCUT2D eigenvalue weighted by Gasteiger charge is -2.42. The second-order valence-electron chi connectivity index (χ2n) is 26.8. The van der Waals surface area contributed by atoms with Crippen LogP contribution in [0.5, 0.6) is 0 Å². The second kappa shape index (κ2) is 19.1. The summed E-state index contributed by atoms with van der Waals surface area (Å²) < 4.78 is 2.74. The van der Waals surface area contributed by atoms with Gasteiger partial charge < -0.3 is 19.2 Å². The fraction of sp³-hybridized carbons (Fsp3) is 0.211. The molecule has 0 fully saturated rings. The molecule has 0 unspecified atom stereocenters. The van der Waals surface area contributed by atoms with Crippen LogP contribution in [-0.2, 0) is 21.7 Å². The van der Waals surface area contributed by atoms with Crippen LogP contribution in [0.4, 0.5) is 51.2 Å². The summed E-state index contributed by atoms with van der Waals surface area (Å²) in [4.78, 5) is 7.41. The van der Waals surface area contributed by atoms with Gasteiger partial charge in [-0.3, -0.25) is 0 Å². The standard InChI is InChI=1S/C76H73BN4/c1-73(2,3)52-33-37-60(38-34-52)80-69-40-36-54(75(7,8)9)48-67(69)77-71-64(66-47-55(76(10,11)12)46-65-63-45-53(74(4,5)6)35-39-68(63)81(77)72(65)66)43-51(44-70(71)80)50-41-61(78(56-25-17-13-18-26-56)57-27-19-14-20-28-57)49-62(42-50)79(58-29-21-15-22-30-58)59-31-23-16-24-32-59/h13-49H,1-12H3. The summed E-state index contributed by atoms with van der Waals surface area (Å²) >= 11 is 0. The summed E-state index contributed by atoms with van der Waals surface area (Å²) in [6, 6.07) is 84.8. The summed E-state index contributed by atoms with van der Waals surface area (Å²) in [6.07, 6.45) is 0. The van der Waals surface area contributed by atoms with Gasteiger partial charge >= 0.3 is 6.85 Å². The van der Waals surface area contributed by atoms with E-state index in [-0.39, 0.29) is 28.5 Å². The van der Waals surface area contributed by atoms with Crippen molar-refractivity contribution in [2.24, 2.45) is 0 Å². The van der Waals surface area contributed by atoms with Crippen LogP contribution < -0.4 is 25.6 Å². The third-order valence-corrected chi connectivity index (χ3v) is 17.1. The highest BCUT2D eigenvalue weighted by Crippen LogP contribution is 2.51. The fourth-order valence-electron chi connectivity index (χ4n) is 12.7. The first-order valence-corrected chi connectivity index (χ1v) is 29.0.